The van der Waals surface area contributed by atoms with Gasteiger partial charge in [-0.2, -0.15) is 0 Å². The third-order valence-electron chi connectivity index (χ3n) is 6.91. The maximum absolute atomic E-state index is 13.0. The van der Waals surface area contributed by atoms with E-state index in [4.69, 9.17) is 4.74 Å². The number of nitrogens with zero attached hydrogens (tertiary/aromatic N) is 2. The largest absolute Gasteiger partial charge is 0.492 e. The molecule has 2 fully saturated rings. The van der Waals surface area contributed by atoms with Crippen LogP contribution in [0.25, 0.3) is 10.9 Å². The molecule has 2 aliphatic rings. The van der Waals surface area contributed by atoms with Crippen LogP contribution in [0.1, 0.15) is 48.0 Å². The summed E-state index contributed by atoms with van der Waals surface area (Å²) in [5.41, 5.74) is 3.27. The predicted molar refractivity (Wildman–Crippen MR) is 128 cm³/mol. The van der Waals surface area contributed by atoms with Gasteiger partial charge < -0.3 is 14.6 Å². The minimum Gasteiger partial charge on any atom is -0.492 e. The van der Waals surface area contributed by atoms with Crippen LogP contribution in [0.4, 0.5) is 0 Å². The number of aromatic nitrogens is 1. The average molecular weight is 432 g/mol. The first-order chi connectivity index (χ1) is 15.8. The molecule has 2 saturated heterocycles. The van der Waals surface area contributed by atoms with Crippen molar-refractivity contribution >= 4 is 16.8 Å². The van der Waals surface area contributed by atoms with E-state index < -0.39 is 0 Å². The molecule has 1 N–H and O–H groups in total. The molecular weight excluding hydrogens is 398 g/mol. The molecule has 5 heteroatoms. The number of rotatable bonds is 6. The number of ether oxygens (including phenoxy) is 1. The number of likely N-dealkylation sites (tertiary alicyclic amines) is 2. The van der Waals surface area contributed by atoms with Crippen molar-refractivity contribution in [2.45, 2.75) is 38.6 Å². The molecule has 0 saturated carbocycles. The molecule has 1 amide bonds. The van der Waals surface area contributed by atoms with Crippen LogP contribution in [0.2, 0.25) is 0 Å². The lowest BCUT2D eigenvalue weighted by molar-refractivity contribution is 0.0716. The fraction of sp³-hybridized carbons (Fsp3) is 0.444. The Morgan fingerprint density at radius 3 is 2.69 bits per heavy atom. The van der Waals surface area contributed by atoms with E-state index in [1.807, 2.05) is 29.2 Å². The van der Waals surface area contributed by atoms with Crippen molar-refractivity contribution in [2.75, 3.05) is 32.8 Å². The Balaban J connectivity index is 1.20. The molecule has 3 aromatic rings. The number of carbonyl (C=O) groups is 1. The molecule has 1 atom stereocenters. The number of amides is 1. The lowest BCUT2D eigenvalue weighted by Crippen LogP contribution is -2.37. The molecule has 168 valence electrons. The molecule has 0 aliphatic carbocycles. The predicted octanol–water partition coefficient (Wildman–Crippen LogP) is 5.09. The third kappa shape index (κ3) is 4.68. The summed E-state index contributed by atoms with van der Waals surface area (Å²) in [6, 6.07) is 16.3. The van der Waals surface area contributed by atoms with E-state index in [2.05, 4.69) is 40.3 Å². The number of hydrogen-bond acceptors (Lipinski definition) is 3. The number of benzene rings is 2. The summed E-state index contributed by atoms with van der Waals surface area (Å²) >= 11 is 0. The Morgan fingerprint density at radius 1 is 0.969 bits per heavy atom. The van der Waals surface area contributed by atoms with Crippen LogP contribution in [-0.2, 0) is 6.54 Å². The van der Waals surface area contributed by atoms with Gasteiger partial charge in [-0.3, -0.25) is 9.69 Å². The van der Waals surface area contributed by atoms with Crippen LogP contribution >= 0.6 is 0 Å². The molecular formula is C27H33N3O2. The molecule has 2 aromatic carbocycles. The second-order valence-corrected chi connectivity index (χ2v) is 9.26. The number of carbonyl (C=O) groups excluding carboxylic acids is 1. The van der Waals surface area contributed by atoms with E-state index in [0.717, 1.165) is 51.3 Å². The Morgan fingerprint density at radius 2 is 1.78 bits per heavy atom. The van der Waals surface area contributed by atoms with Crippen LogP contribution in [-0.4, -0.2) is 53.5 Å². The van der Waals surface area contributed by atoms with Gasteiger partial charge in [-0.15, -0.1) is 0 Å². The van der Waals surface area contributed by atoms with Crippen LogP contribution < -0.4 is 4.74 Å². The SMILES string of the molecule is O=C(c1ccccc1OCC1CCCN(Cc2c[nH]c3ccccc23)C1)N1CCCCC1. The number of aromatic amines is 1. The van der Waals surface area contributed by atoms with Crippen molar-refractivity contribution < 1.29 is 9.53 Å². The molecule has 5 rings (SSSR count). The van der Waals surface area contributed by atoms with Crippen LogP contribution in [0.15, 0.2) is 54.7 Å². The number of fused-ring (bicyclic) bond motifs is 1. The van der Waals surface area contributed by atoms with Gasteiger partial charge in [0.2, 0.25) is 0 Å². The first kappa shape index (κ1) is 21.1. The van der Waals surface area contributed by atoms with Crippen molar-refractivity contribution in [1.29, 1.82) is 0 Å². The van der Waals surface area contributed by atoms with Crippen molar-refractivity contribution in [3.63, 3.8) is 0 Å². The van der Waals surface area contributed by atoms with Gasteiger partial charge in [0.15, 0.2) is 0 Å². The smallest absolute Gasteiger partial charge is 0.257 e. The average Bonchev–Trinajstić information content (AvgIpc) is 3.26. The number of para-hydroxylation sites is 2. The third-order valence-corrected chi connectivity index (χ3v) is 6.91. The van der Waals surface area contributed by atoms with Crippen LogP contribution in [0.5, 0.6) is 5.75 Å². The lowest BCUT2D eigenvalue weighted by atomic mass is 9.98. The van der Waals surface area contributed by atoms with Crippen molar-refractivity contribution in [3.05, 3.63) is 65.9 Å². The summed E-state index contributed by atoms with van der Waals surface area (Å²) in [4.78, 5) is 21.0. The zero-order chi connectivity index (χ0) is 21.8. The number of H-pyrrole nitrogens is 1. The second kappa shape index (κ2) is 9.78. The molecule has 3 heterocycles. The highest BCUT2D eigenvalue weighted by molar-refractivity contribution is 5.97. The zero-order valence-electron chi connectivity index (χ0n) is 18.8. The molecule has 32 heavy (non-hydrogen) atoms. The van der Waals surface area contributed by atoms with E-state index in [9.17, 15) is 4.79 Å². The molecule has 5 nitrogen and oxygen atoms in total. The maximum Gasteiger partial charge on any atom is 0.257 e. The van der Waals surface area contributed by atoms with Gasteiger partial charge in [-0.1, -0.05) is 30.3 Å². The first-order valence-corrected chi connectivity index (χ1v) is 12.1. The number of hydrogen-bond donors (Lipinski definition) is 1. The van der Waals surface area contributed by atoms with E-state index in [-0.39, 0.29) is 5.91 Å². The van der Waals surface area contributed by atoms with E-state index >= 15 is 0 Å². The van der Waals surface area contributed by atoms with Gasteiger partial charge >= 0.3 is 0 Å². The van der Waals surface area contributed by atoms with E-state index in [1.54, 1.807) is 0 Å². The van der Waals surface area contributed by atoms with E-state index in [1.165, 1.54) is 35.7 Å². The standard InChI is InChI=1S/C27H33N3O2/c31-27(30-15-6-1-7-16-30)24-11-3-5-13-26(24)32-20-21-9-8-14-29(18-21)19-22-17-28-25-12-4-2-10-23(22)25/h2-5,10-13,17,21,28H,1,6-9,14-16,18-20H2. The fourth-order valence-corrected chi connectivity index (χ4v) is 5.18. The molecule has 1 unspecified atom stereocenters. The summed E-state index contributed by atoms with van der Waals surface area (Å²) in [5.74, 6) is 1.33. The van der Waals surface area contributed by atoms with Crippen molar-refractivity contribution in [3.8, 4) is 5.75 Å². The van der Waals surface area contributed by atoms with Crippen LogP contribution in [0.3, 0.4) is 0 Å². The Kier molecular flexibility index (Phi) is 6.44. The number of nitrogens with one attached hydrogen (secondary N) is 1. The van der Waals surface area contributed by atoms with Gasteiger partial charge in [0.05, 0.1) is 12.2 Å². The lowest BCUT2D eigenvalue weighted by Gasteiger charge is -2.32. The summed E-state index contributed by atoms with van der Waals surface area (Å²) < 4.78 is 6.26. The second-order valence-electron chi connectivity index (χ2n) is 9.26. The molecule has 2 aliphatic heterocycles. The van der Waals surface area contributed by atoms with Crippen molar-refractivity contribution in [1.82, 2.24) is 14.8 Å². The highest BCUT2D eigenvalue weighted by Gasteiger charge is 2.24. The summed E-state index contributed by atoms with van der Waals surface area (Å²) in [7, 11) is 0. The van der Waals surface area contributed by atoms with Gasteiger partial charge in [0.1, 0.15) is 5.75 Å². The zero-order valence-corrected chi connectivity index (χ0v) is 18.8. The van der Waals surface area contributed by atoms with E-state index in [0.29, 0.717) is 18.1 Å². The quantitative estimate of drug-likeness (QED) is 0.592. The van der Waals surface area contributed by atoms with Crippen molar-refractivity contribution in [2.24, 2.45) is 5.92 Å². The maximum atomic E-state index is 13.0. The summed E-state index contributed by atoms with van der Waals surface area (Å²) in [6.07, 6.45) is 7.93. The van der Waals surface area contributed by atoms with Crippen LogP contribution in [0, 0.1) is 5.92 Å². The topological polar surface area (TPSA) is 48.6 Å². The fourth-order valence-electron chi connectivity index (χ4n) is 5.18. The normalized spacial score (nSPS) is 19.9. The van der Waals surface area contributed by atoms with Gasteiger partial charge in [0.25, 0.3) is 5.91 Å². The molecule has 1 aromatic heterocycles. The highest BCUT2D eigenvalue weighted by Crippen LogP contribution is 2.26. The van der Waals surface area contributed by atoms with Gasteiger partial charge in [0, 0.05) is 49.2 Å². The minimum atomic E-state index is 0.116. The molecule has 0 bridgehead atoms. The van der Waals surface area contributed by atoms with Gasteiger partial charge in [-0.05, 0) is 62.4 Å². The van der Waals surface area contributed by atoms with Gasteiger partial charge in [-0.25, -0.2) is 0 Å². The highest BCUT2D eigenvalue weighted by atomic mass is 16.5. The molecule has 0 spiro atoms. The number of piperidine rings is 2. The Labute approximate surface area is 190 Å². The Hall–Kier alpha value is -2.79. The summed E-state index contributed by atoms with van der Waals surface area (Å²) in [6.45, 7) is 5.50. The Bertz CT molecular complexity index is 1050. The minimum absolute atomic E-state index is 0.116. The monoisotopic (exact) mass is 431 g/mol. The molecule has 0 radical (unpaired) electrons. The first-order valence-electron chi connectivity index (χ1n) is 12.1. The summed E-state index contributed by atoms with van der Waals surface area (Å²) in [5, 5.41) is 1.32.